The van der Waals surface area contributed by atoms with E-state index in [9.17, 15) is 9.46 Å². The van der Waals surface area contributed by atoms with Gasteiger partial charge in [-0.15, -0.1) is 0 Å². The molecule has 0 bridgehead atoms. The van der Waals surface area contributed by atoms with Gasteiger partial charge in [-0.3, -0.25) is 9.05 Å². The van der Waals surface area contributed by atoms with Crippen molar-refractivity contribution < 1.29 is 18.5 Å². The van der Waals surface area contributed by atoms with Gasteiger partial charge in [0.15, 0.2) is 0 Å². The molecule has 1 atom stereocenters. The Morgan fingerprint density at radius 1 is 0.913 bits per heavy atom. The molecule has 1 saturated carbocycles. The number of hydrogen-bond donors (Lipinski definition) is 1. The van der Waals surface area contributed by atoms with E-state index in [0.29, 0.717) is 0 Å². The molecule has 1 rings (SSSR count). The molecule has 138 valence electrons. The van der Waals surface area contributed by atoms with E-state index in [1.165, 1.54) is 51.4 Å². The van der Waals surface area contributed by atoms with Crippen molar-refractivity contribution in [3.8, 4) is 0 Å². The van der Waals surface area contributed by atoms with E-state index in [4.69, 9.17) is 9.05 Å². The van der Waals surface area contributed by atoms with Crippen molar-refractivity contribution in [3.63, 3.8) is 0 Å². The molecule has 0 heterocycles. The third-order valence-electron chi connectivity index (χ3n) is 4.75. The Hall–Kier alpha value is 0.110. The molecule has 0 aromatic carbocycles. The highest BCUT2D eigenvalue weighted by molar-refractivity contribution is 7.47. The summed E-state index contributed by atoms with van der Waals surface area (Å²) in [5, 5.41) is 0. The van der Waals surface area contributed by atoms with Crippen LogP contribution in [0.15, 0.2) is 0 Å². The van der Waals surface area contributed by atoms with Crippen LogP contribution in [-0.4, -0.2) is 17.6 Å². The van der Waals surface area contributed by atoms with E-state index >= 15 is 0 Å². The normalized spacial score (nSPS) is 24.5. The van der Waals surface area contributed by atoms with Crippen LogP contribution in [-0.2, 0) is 13.6 Å². The topological polar surface area (TPSA) is 55.8 Å². The van der Waals surface area contributed by atoms with Gasteiger partial charge in [0.05, 0.1) is 12.7 Å². The summed E-state index contributed by atoms with van der Waals surface area (Å²) in [6.45, 7) is 4.45. The molecule has 0 spiro atoms. The predicted octanol–water partition coefficient (Wildman–Crippen LogP) is 6.23. The minimum absolute atomic E-state index is 0.104. The number of phosphoric ester groups is 1. The summed E-state index contributed by atoms with van der Waals surface area (Å²) >= 11 is 0. The maximum Gasteiger partial charge on any atom is 0.472 e. The number of phosphoric acid groups is 1. The van der Waals surface area contributed by atoms with E-state index in [-0.39, 0.29) is 12.7 Å². The Morgan fingerprint density at radius 3 is 2.13 bits per heavy atom. The fraction of sp³-hybridized carbons (Fsp3) is 1.00. The lowest BCUT2D eigenvalue weighted by atomic mass is 9.84. The molecule has 0 amide bonds. The minimum Gasteiger partial charge on any atom is -0.302 e. The Bertz CT molecular complexity index is 327. The van der Waals surface area contributed by atoms with Gasteiger partial charge >= 0.3 is 7.82 Å². The zero-order valence-electron chi connectivity index (χ0n) is 15.2. The van der Waals surface area contributed by atoms with Crippen LogP contribution in [0.4, 0.5) is 0 Å². The summed E-state index contributed by atoms with van der Waals surface area (Å²) in [7, 11) is -3.84. The summed E-state index contributed by atoms with van der Waals surface area (Å²) in [6, 6.07) is 0. The molecule has 1 aliphatic carbocycles. The van der Waals surface area contributed by atoms with Crippen molar-refractivity contribution in [2.45, 2.75) is 103 Å². The SMILES string of the molecule is CCCCCCCCCC1CCC(OP(=O)(O)OCCC)CC1. The molecule has 23 heavy (non-hydrogen) atoms. The van der Waals surface area contributed by atoms with Crippen LogP contribution in [0.3, 0.4) is 0 Å². The van der Waals surface area contributed by atoms with E-state index in [1.54, 1.807) is 0 Å². The molecule has 1 fully saturated rings. The summed E-state index contributed by atoms with van der Waals surface area (Å²) in [5.74, 6) is 0.778. The van der Waals surface area contributed by atoms with Crippen LogP contribution in [0.5, 0.6) is 0 Å². The molecule has 0 aromatic heterocycles. The first kappa shape index (κ1) is 21.2. The van der Waals surface area contributed by atoms with Gasteiger partial charge in [-0.2, -0.15) is 0 Å². The molecule has 5 heteroatoms. The average molecular weight is 348 g/mol. The largest absolute Gasteiger partial charge is 0.472 e. The van der Waals surface area contributed by atoms with Crippen molar-refractivity contribution in [2.24, 2.45) is 5.92 Å². The lowest BCUT2D eigenvalue weighted by Gasteiger charge is -2.29. The third-order valence-corrected chi connectivity index (χ3v) is 5.82. The van der Waals surface area contributed by atoms with E-state index < -0.39 is 7.82 Å². The van der Waals surface area contributed by atoms with E-state index in [0.717, 1.165) is 38.0 Å². The van der Waals surface area contributed by atoms with Crippen LogP contribution >= 0.6 is 7.82 Å². The van der Waals surface area contributed by atoms with E-state index in [2.05, 4.69) is 6.92 Å². The monoisotopic (exact) mass is 348 g/mol. The molecule has 0 aliphatic heterocycles. The van der Waals surface area contributed by atoms with Gasteiger partial charge in [0.25, 0.3) is 0 Å². The highest BCUT2D eigenvalue weighted by Gasteiger charge is 2.29. The Balaban J connectivity index is 2.05. The maximum atomic E-state index is 11.8. The summed E-state index contributed by atoms with van der Waals surface area (Å²) < 4.78 is 22.0. The first-order valence-electron chi connectivity index (χ1n) is 9.73. The minimum atomic E-state index is -3.84. The fourth-order valence-electron chi connectivity index (χ4n) is 3.34. The van der Waals surface area contributed by atoms with Crippen molar-refractivity contribution in [1.82, 2.24) is 0 Å². The molecule has 0 saturated heterocycles. The molecule has 0 aromatic rings. The van der Waals surface area contributed by atoms with Crippen molar-refractivity contribution in [3.05, 3.63) is 0 Å². The van der Waals surface area contributed by atoms with Crippen LogP contribution in [0, 0.1) is 5.92 Å². The number of unbranched alkanes of at least 4 members (excludes halogenated alkanes) is 6. The highest BCUT2D eigenvalue weighted by Crippen LogP contribution is 2.47. The second-order valence-electron chi connectivity index (χ2n) is 6.96. The molecular formula is C18H37O4P. The van der Waals surface area contributed by atoms with E-state index in [1.807, 2.05) is 6.92 Å². The summed E-state index contributed by atoms with van der Waals surface area (Å²) in [6.07, 6.45) is 15.5. The molecular weight excluding hydrogens is 311 g/mol. The molecule has 1 unspecified atom stereocenters. The van der Waals surface area contributed by atoms with Crippen molar-refractivity contribution in [1.29, 1.82) is 0 Å². The van der Waals surface area contributed by atoms with Gasteiger partial charge in [0.1, 0.15) is 0 Å². The van der Waals surface area contributed by atoms with Gasteiger partial charge in [-0.05, 0) is 38.0 Å². The Labute approximate surface area is 143 Å². The van der Waals surface area contributed by atoms with Crippen LogP contribution in [0.25, 0.3) is 0 Å². The smallest absolute Gasteiger partial charge is 0.302 e. The van der Waals surface area contributed by atoms with Crippen molar-refractivity contribution >= 4 is 7.82 Å². The maximum absolute atomic E-state index is 11.8. The molecule has 1 aliphatic rings. The lowest BCUT2D eigenvalue weighted by Crippen LogP contribution is -2.21. The average Bonchev–Trinajstić information content (AvgIpc) is 2.53. The third kappa shape index (κ3) is 10.6. The van der Waals surface area contributed by atoms with Gasteiger partial charge < -0.3 is 4.89 Å². The second-order valence-corrected chi connectivity index (χ2v) is 8.37. The Kier molecular flexibility index (Phi) is 11.5. The quantitative estimate of drug-likeness (QED) is 0.317. The number of rotatable bonds is 13. The molecule has 1 N–H and O–H groups in total. The fourth-order valence-corrected chi connectivity index (χ4v) is 4.40. The van der Waals surface area contributed by atoms with Crippen molar-refractivity contribution in [2.75, 3.05) is 6.61 Å². The molecule has 0 radical (unpaired) electrons. The van der Waals surface area contributed by atoms with Gasteiger partial charge in [-0.1, -0.05) is 65.2 Å². The van der Waals surface area contributed by atoms with Crippen LogP contribution < -0.4 is 0 Å². The zero-order valence-corrected chi connectivity index (χ0v) is 16.1. The Morgan fingerprint density at radius 2 is 1.52 bits per heavy atom. The second kappa shape index (κ2) is 12.5. The van der Waals surface area contributed by atoms with Crippen LogP contribution in [0.1, 0.15) is 97.3 Å². The lowest BCUT2D eigenvalue weighted by molar-refractivity contribution is 0.0703. The number of hydrogen-bond acceptors (Lipinski definition) is 3. The highest BCUT2D eigenvalue weighted by atomic mass is 31.2. The van der Waals surface area contributed by atoms with Gasteiger partial charge in [-0.25, -0.2) is 4.57 Å². The summed E-state index contributed by atoms with van der Waals surface area (Å²) in [5.41, 5.74) is 0. The summed E-state index contributed by atoms with van der Waals surface area (Å²) in [4.78, 5) is 9.64. The van der Waals surface area contributed by atoms with Gasteiger partial charge in [0.2, 0.25) is 0 Å². The van der Waals surface area contributed by atoms with Gasteiger partial charge in [0, 0.05) is 0 Å². The zero-order chi connectivity index (χ0) is 17.0. The first-order valence-corrected chi connectivity index (χ1v) is 11.2. The molecule has 4 nitrogen and oxygen atoms in total. The van der Waals surface area contributed by atoms with Crippen LogP contribution in [0.2, 0.25) is 0 Å². The predicted molar refractivity (Wildman–Crippen MR) is 95.5 cm³/mol. The first-order chi connectivity index (χ1) is 11.1. The standard InChI is InChI=1S/C18H37O4P/c1-3-5-6-7-8-9-10-11-17-12-14-18(15-13-17)22-23(19,20)21-16-4-2/h17-18H,3-16H2,1-2H3,(H,19,20).